The molecule has 2 atom stereocenters. The van der Waals surface area contributed by atoms with Crippen LogP contribution in [0.2, 0.25) is 0 Å². The molecule has 84 valence electrons. The van der Waals surface area contributed by atoms with Crippen molar-refractivity contribution in [2.24, 2.45) is 5.73 Å². The lowest BCUT2D eigenvalue weighted by Crippen LogP contribution is -2.42. The van der Waals surface area contributed by atoms with Gasteiger partial charge in [-0.25, -0.2) is 0 Å². The molecule has 0 saturated carbocycles. The van der Waals surface area contributed by atoms with Gasteiger partial charge in [-0.1, -0.05) is 6.92 Å². The number of hydrogen-bond donors (Lipinski definition) is 2. The molecule has 0 fully saturated rings. The first-order chi connectivity index (χ1) is 6.52. The van der Waals surface area contributed by atoms with Crippen LogP contribution in [0.5, 0.6) is 0 Å². The van der Waals surface area contributed by atoms with E-state index in [1.165, 1.54) is 0 Å². The normalized spacial score (nSPS) is 15.5. The standard InChI is InChI=1S/C10H23N3O/c1-5-8(2)13(4)7-6-9(12-3)10(11)14/h8-9,12H,5-7H2,1-4H3,(H2,11,14). The van der Waals surface area contributed by atoms with E-state index >= 15 is 0 Å². The summed E-state index contributed by atoms with van der Waals surface area (Å²) in [6, 6.07) is 0.349. The van der Waals surface area contributed by atoms with Crippen molar-refractivity contribution in [1.29, 1.82) is 0 Å². The number of primary amides is 1. The van der Waals surface area contributed by atoms with Gasteiger partial charge < -0.3 is 16.0 Å². The van der Waals surface area contributed by atoms with Crippen molar-refractivity contribution in [1.82, 2.24) is 10.2 Å². The number of amides is 1. The van der Waals surface area contributed by atoms with Crippen LogP contribution in [-0.2, 0) is 4.79 Å². The number of carbonyl (C=O) groups is 1. The van der Waals surface area contributed by atoms with E-state index < -0.39 is 0 Å². The predicted octanol–water partition coefficient (Wildman–Crippen LogP) is 0.180. The van der Waals surface area contributed by atoms with E-state index in [0.717, 1.165) is 19.4 Å². The Bertz CT molecular complexity index is 173. The molecule has 3 N–H and O–H groups in total. The number of hydrogen-bond acceptors (Lipinski definition) is 3. The van der Waals surface area contributed by atoms with Gasteiger partial charge in [0.1, 0.15) is 0 Å². The van der Waals surface area contributed by atoms with Gasteiger partial charge in [0.2, 0.25) is 5.91 Å². The molecule has 0 bridgehead atoms. The first-order valence-electron chi connectivity index (χ1n) is 5.19. The maximum Gasteiger partial charge on any atom is 0.234 e. The summed E-state index contributed by atoms with van der Waals surface area (Å²) in [5, 5.41) is 2.91. The second-order valence-electron chi connectivity index (χ2n) is 3.77. The zero-order chi connectivity index (χ0) is 11.1. The van der Waals surface area contributed by atoms with Crippen LogP contribution in [0.25, 0.3) is 0 Å². The SMILES string of the molecule is CCC(C)N(C)CCC(NC)C(N)=O. The number of likely N-dealkylation sites (N-methyl/N-ethyl adjacent to an activating group) is 1. The van der Waals surface area contributed by atoms with E-state index in [-0.39, 0.29) is 11.9 Å². The Morgan fingerprint density at radius 2 is 2.14 bits per heavy atom. The Labute approximate surface area is 86.8 Å². The Balaban J connectivity index is 3.85. The summed E-state index contributed by atoms with van der Waals surface area (Å²) >= 11 is 0. The zero-order valence-corrected chi connectivity index (χ0v) is 9.71. The van der Waals surface area contributed by atoms with E-state index in [9.17, 15) is 4.79 Å². The Hall–Kier alpha value is -0.610. The molecule has 0 aliphatic rings. The zero-order valence-electron chi connectivity index (χ0n) is 9.71. The van der Waals surface area contributed by atoms with Crippen LogP contribution in [0, 0.1) is 0 Å². The van der Waals surface area contributed by atoms with Gasteiger partial charge >= 0.3 is 0 Å². The van der Waals surface area contributed by atoms with Crippen molar-refractivity contribution in [2.45, 2.75) is 38.8 Å². The fourth-order valence-electron chi connectivity index (χ4n) is 1.29. The third-order valence-corrected chi connectivity index (χ3v) is 2.81. The van der Waals surface area contributed by atoms with Crippen LogP contribution in [0.3, 0.4) is 0 Å². The molecule has 1 amide bonds. The van der Waals surface area contributed by atoms with Gasteiger partial charge in [-0.15, -0.1) is 0 Å². The van der Waals surface area contributed by atoms with Gasteiger partial charge in [-0.2, -0.15) is 0 Å². The summed E-state index contributed by atoms with van der Waals surface area (Å²) in [6.07, 6.45) is 1.89. The number of carbonyl (C=O) groups excluding carboxylic acids is 1. The highest BCUT2D eigenvalue weighted by molar-refractivity contribution is 5.79. The Kier molecular flexibility index (Phi) is 6.49. The van der Waals surface area contributed by atoms with E-state index in [1.54, 1.807) is 7.05 Å². The van der Waals surface area contributed by atoms with Crippen LogP contribution in [0.4, 0.5) is 0 Å². The minimum Gasteiger partial charge on any atom is -0.368 e. The smallest absolute Gasteiger partial charge is 0.234 e. The summed E-state index contributed by atoms with van der Waals surface area (Å²) in [5.41, 5.74) is 5.22. The van der Waals surface area contributed by atoms with Crippen molar-refractivity contribution in [2.75, 3.05) is 20.6 Å². The first-order valence-corrected chi connectivity index (χ1v) is 5.19. The lowest BCUT2D eigenvalue weighted by molar-refractivity contribution is -0.120. The molecule has 0 aliphatic carbocycles. The molecule has 0 rings (SSSR count). The van der Waals surface area contributed by atoms with Crippen molar-refractivity contribution in [3.8, 4) is 0 Å². The van der Waals surface area contributed by atoms with Crippen molar-refractivity contribution < 1.29 is 4.79 Å². The number of nitrogens with zero attached hydrogens (tertiary/aromatic N) is 1. The van der Waals surface area contributed by atoms with Gasteiger partial charge in [0, 0.05) is 12.6 Å². The van der Waals surface area contributed by atoms with E-state index in [1.807, 2.05) is 0 Å². The molecule has 4 heteroatoms. The molecule has 4 nitrogen and oxygen atoms in total. The monoisotopic (exact) mass is 201 g/mol. The quantitative estimate of drug-likeness (QED) is 0.618. The van der Waals surface area contributed by atoms with Gasteiger partial charge in [-0.3, -0.25) is 4.79 Å². The van der Waals surface area contributed by atoms with Gasteiger partial charge in [0.25, 0.3) is 0 Å². The molecule has 0 saturated heterocycles. The molecule has 0 spiro atoms. The molecular weight excluding hydrogens is 178 g/mol. The molecule has 0 aromatic heterocycles. The topological polar surface area (TPSA) is 58.4 Å². The van der Waals surface area contributed by atoms with Crippen molar-refractivity contribution >= 4 is 5.91 Å². The van der Waals surface area contributed by atoms with Crippen LogP contribution < -0.4 is 11.1 Å². The van der Waals surface area contributed by atoms with E-state index in [0.29, 0.717) is 6.04 Å². The lowest BCUT2D eigenvalue weighted by Gasteiger charge is -2.24. The average molecular weight is 201 g/mol. The van der Waals surface area contributed by atoms with Gasteiger partial charge in [-0.05, 0) is 33.9 Å². The minimum absolute atomic E-state index is 0.207. The Morgan fingerprint density at radius 1 is 1.57 bits per heavy atom. The second kappa shape index (κ2) is 6.79. The third kappa shape index (κ3) is 4.58. The number of nitrogens with one attached hydrogen (secondary N) is 1. The van der Waals surface area contributed by atoms with Crippen LogP contribution in [0.15, 0.2) is 0 Å². The molecule has 0 aliphatic heterocycles. The molecule has 0 aromatic carbocycles. The molecular formula is C10H23N3O. The number of rotatable bonds is 7. The summed E-state index contributed by atoms with van der Waals surface area (Å²) < 4.78 is 0. The van der Waals surface area contributed by atoms with Crippen LogP contribution in [-0.4, -0.2) is 43.5 Å². The average Bonchev–Trinajstić information content (AvgIpc) is 2.16. The highest BCUT2D eigenvalue weighted by Crippen LogP contribution is 2.02. The maximum atomic E-state index is 10.9. The highest BCUT2D eigenvalue weighted by Gasteiger charge is 2.14. The van der Waals surface area contributed by atoms with Gasteiger partial charge in [0.15, 0.2) is 0 Å². The van der Waals surface area contributed by atoms with Crippen LogP contribution >= 0.6 is 0 Å². The highest BCUT2D eigenvalue weighted by atomic mass is 16.1. The van der Waals surface area contributed by atoms with E-state index in [2.05, 4.69) is 31.1 Å². The molecule has 2 unspecified atom stereocenters. The van der Waals surface area contributed by atoms with Crippen LogP contribution in [0.1, 0.15) is 26.7 Å². The summed E-state index contributed by atoms with van der Waals surface area (Å²) in [5.74, 6) is -0.273. The molecule has 0 aromatic rings. The second-order valence-corrected chi connectivity index (χ2v) is 3.77. The molecule has 0 radical (unpaired) electrons. The minimum atomic E-state index is -0.273. The van der Waals surface area contributed by atoms with Crippen molar-refractivity contribution in [3.05, 3.63) is 0 Å². The molecule has 0 heterocycles. The van der Waals surface area contributed by atoms with Crippen molar-refractivity contribution in [3.63, 3.8) is 0 Å². The number of nitrogens with two attached hydrogens (primary N) is 1. The summed E-state index contributed by atoms with van der Waals surface area (Å²) in [6.45, 7) is 5.23. The van der Waals surface area contributed by atoms with Gasteiger partial charge in [0.05, 0.1) is 6.04 Å². The lowest BCUT2D eigenvalue weighted by atomic mass is 10.1. The first kappa shape index (κ1) is 13.4. The maximum absolute atomic E-state index is 10.9. The Morgan fingerprint density at radius 3 is 2.50 bits per heavy atom. The third-order valence-electron chi connectivity index (χ3n) is 2.81. The molecule has 14 heavy (non-hydrogen) atoms. The largest absolute Gasteiger partial charge is 0.368 e. The predicted molar refractivity (Wildman–Crippen MR) is 59.0 cm³/mol. The fraction of sp³-hybridized carbons (Fsp3) is 0.900. The van der Waals surface area contributed by atoms with E-state index in [4.69, 9.17) is 5.73 Å². The summed E-state index contributed by atoms with van der Waals surface area (Å²) in [4.78, 5) is 13.2. The fourth-order valence-corrected chi connectivity index (χ4v) is 1.29. The summed E-state index contributed by atoms with van der Waals surface area (Å²) in [7, 11) is 3.83.